The van der Waals surface area contributed by atoms with Gasteiger partial charge >= 0.3 is 0 Å². The van der Waals surface area contributed by atoms with Crippen LogP contribution in [0.1, 0.15) is 12.0 Å². The molecule has 3 heteroatoms. The maximum absolute atomic E-state index is 4.40. The van der Waals surface area contributed by atoms with E-state index < -0.39 is 0 Å². The second kappa shape index (κ2) is 3.91. The number of para-hydroxylation sites is 1. The summed E-state index contributed by atoms with van der Waals surface area (Å²) in [5, 5.41) is 3.43. The van der Waals surface area contributed by atoms with Gasteiger partial charge in [0.2, 0.25) is 0 Å². The van der Waals surface area contributed by atoms with Crippen LogP contribution in [0.4, 0.5) is 0 Å². The van der Waals surface area contributed by atoms with Crippen LogP contribution in [-0.2, 0) is 13.5 Å². The summed E-state index contributed by atoms with van der Waals surface area (Å²) in [5.74, 6) is 0.792. The Balaban J connectivity index is 1.98. The van der Waals surface area contributed by atoms with Gasteiger partial charge in [-0.25, -0.2) is 4.98 Å². The molecule has 2 heterocycles. The molecule has 1 atom stereocenters. The van der Waals surface area contributed by atoms with Crippen molar-refractivity contribution in [1.29, 1.82) is 0 Å². The summed E-state index contributed by atoms with van der Waals surface area (Å²) in [7, 11) is 2.08. The molecule has 1 aromatic heterocycles. The quantitative estimate of drug-likeness (QED) is 0.826. The van der Waals surface area contributed by atoms with Gasteiger partial charge in [0.1, 0.15) is 0 Å². The van der Waals surface area contributed by atoms with Gasteiger partial charge in [0.15, 0.2) is 0 Å². The molecule has 84 valence electrons. The van der Waals surface area contributed by atoms with Crippen LogP contribution in [-0.4, -0.2) is 22.6 Å². The summed E-state index contributed by atoms with van der Waals surface area (Å²) >= 11 is 0. The molecule has 1 N–H and O–H groups in total. The van der Waals surface area contributed by atoms with Crippen molar-refractivity contribution >= 4 is 11.0 Å². The Hall–Kier alpha value is -1.35. The SMILES string of the molecule is Cn1cnc2cccc(CC3CCNC3)c21. The van der Waals surface area contributed by atoms with Crippen molar-refractivity contribution in [3.63, 3.8) is 0 Å². The van der Waals surface area contributed by atoms with E-state index in [1.807, 2.05) is 6.33 Å². The third-order valence-electron chi connectivity index (χ3n) is 3.49. The normalized spacial score (nSPS) is 20.7. The van der Waals surface area contributed by atoms with E-state index in [-0.39, 0.29) is 0 Å². The van der Waals surface area contributed by atoms with Gasteiger partial charge in [0.25, 0.3) is 0 Å². The third kappa shape index (κ3) is 1.61. The highest BCUT2D eigenvalue weighted by Crippen LogP contribution is 2.22. The molecule has 3 rings (SSSR count). The third-order valence-corrected chi connectivity index (χ3v) is 3.49. The van der Waals surface area contributed by atoms with Crippen molar-refractivity contribution < 1.29 is 0 Å². The van der Waals surface area contributed by atoms with Crippen LogP contribution in [0.2, 0.25) is 0 Å². The van der Waals surface area contributed by atoms with Gasteiger partial charge in [0, 0.05) is 7.05 Å². The van der Waals surface area contributed by atoms with E-state index in [0.717, 1.165) is 18.0 Å². The second-order valence-corrected chi connectivity index (χ2v) is 4.70. The highest BCUT2D eigenvalue weighted by molar-refractivity contribution is 5.79. The van der Waals surface area contributed by atoms with Crippen LogP contribution in [0.5, 0.6) is 0 Å². The average molecular weight is 215 g/mol. The van der Waals surface area contributed by atoms with E-state index >= 15 is 0 Å². The number of aryl methyl sites for hydroxylation is 1. The molecular weight excluding hydrogens is 198 g/mol. The Morgan fingerprint density at radius 2 is 2.44 bits per heavy atom. The Morgan fingerprint density at radius 3 is 3.25 bits per heavy atom. The highest BCUT2D eigenvalue weighted by Gasteiger charge is 2.16. The van der Waals surface area contributed by atoms with E-state index in [2.05, 4.69) is 40.1 Å². The Morgan fingerprint density at radius 1 is 1.50 bits per heavy atom. The van der Waals surface area contributed by atoms with Gasteiger partial charge in [0.05, 0.1) is 17.4 Å². The number of imidazole rings is 1. The summed E-state index contributed by atoms with van der Waals surface area (Å²) in [6.07, 6.45) is 4.37. The topological polar surface area (TPSA) is 29.9 Å². The highest BCUT2D eigenvalue weighted by atomic mass is 15.0. The number of benzene rings is 1. The molecule has 3 nitrogen and oxygen atoms in total. The van der Waals surface area contributed by atoms with E-state index in [1.54, 1.807) is 0 Å². The van der Waals surface area contributed by atoms with E-state index in [1.165, 1.54) is 30.5 Å². The first-order valence-corrected chi connectivity index (χ1v) is 5.94. The first-order valence-electron chi connectivity index (χ1n) is 5.94. The molecule has 0 bridgehead atoms. The molecular formula is C13H17N3. The lowest BCUT2D eigenvalue weighted by Crippen LogP contribution is -2.11. The van der Waals surface area contributed by atoms with E-state index in [0.29, 0.717) is 0 Å². The average Bonchev–Trinajstić information content (AvgIpc) is 2.90. The van der Waals surface area contributed by atoms with E-state index in [4.69, 9.17) is 0 Å². The van der Waals surface area contributed by atoms with Crippen molar-refractivity contribution in [2.45, 2.75) is 12.8 Å². The summed E-state index contributed by atoms with van der Waals surface area (Å²) in [6.45, 7) is 2.33. The molecule has 1 saturated heterocycles. The summed E-state index contributed by atoms with van der Waals surface area (Å²) in [6, 6.07) is 6.45. The molecule has 1 fully saturated rings. The standard InChI is InChI=1S/C13H17N3/c1-16-9-15-12-4-2-3-11(13(12)16)7-10-5-6-14-8-10/h2-4,9-10,14H,5-8H2,1H3. The minimum Gasteiger partial charge on any atom is -0.334 e. The number of fused-ring (bicyclic) bond motifs is 1. The molecule has 1 aliphatic rings. The fourth-order valence-corrected chi connectivity index (χ4v) is 2.66. The van der Waals surface area contributed by atoms with Gasteiger partial charge in [-0.3, -0.25) is 0 Å². The largest absolute Gasteiger partial charge is 0.334 e. The maximum Gasteiger partial charge on any atom is 0.0955 e. The van der Waals surface area contributed by atoms with Crippen molar-refractivity contribution in [2.75, 3.05) is 13.1 Å². The van der Waals surface area contributed by atoms with Crippen molar-refractivity contribution in [1.82, 2.24) is 14.9 Å². The minimum atomic E-state index is 0.792. The second-order valence-electron chi connectivity index (χ2n) is 4.70. The van der Waals surface area contributed by atoms with Crippen LogP contribution in [0, 0.1) is 5.92 Å². The fourth-order valence-electron chi connectivity index (χ4n) is 2.66. The zero-order chi connectivity index (χ0) is 11.0. The lowest BCUT2D eigenvalue weighted by Gasteiger charge is -2.10. The van der Waals surface area contributed by atoms with Gasteiger partial charge in [-0.05, 0) is 43.5 Å². The van der Waals surface area contributed by atoms with Crippen LogP contribution < -0.4 is 5.32 Å². The Bertz CT molecular complexity index is 495. The summed E-state index contributed by atoms with van der Waals surface area (Å²) in [4.78, 5) is 4.40. The molecule has 1 aliphatic heterocycles. The van der Waals surface area contributed by atoms with Crippen LogP contribution in [0.25, 0.3) is 11.0 Å². The van der Waals surface area contributed by atoms with Gasteiger partial charge < -0.3 is 9.88 Å². The van der Waals surface area contributed by atoms with Crippen molar-refractivity contribution in [3.05, 3.63) is 30.1 Å². The molecule has 1 unspecified atom stereocenters. The van der Waals surface area contributed by atoms with Crippen molar-refractivity contribution in [2.24, 2.45) is 13.0 Å². The molecule has 2 aromatic rings. The maximum atomic E-state index is 4.40. The summed E-state index contributed by atoms with van der Waals surface area (Å²) in [5.41, 5.74) is 3.85. The monoisotopic (exact) mass is 215 g/mol. The number of nitrogens with one attached hydrogen (secondary N) is 1. The van der Waals surface area contributed by atoms with Crippen molar-refractivity contribution in [3.8, 4) is 0 Å². The fraction of sp³-hybridized carbons (Fsp3) is 0.462. The Kier molecular flexibility index (Phi) is 2.40. The lowest BCUT2D eigenvalue weighted by molar-refractivity contribution is 0.581. The number of hydrogen-bond acceptors (Lipinski definition) is 2. The number of rotatable bonds is 2. The lowest BCUT2D eigenvalue weighted by atomic mass is 9.98. The minimum absolute atomic E-state index is 0.792. The molecule has 0 spiro atoms. The van der Waals surface area contributed by atoms with Crippen LogP contribution in [0.15, 0.2) is 24.5 Å². The van der Waals surface area contributed by atoms with Gasteiger partial charge in [-0.15, -0.1) is 0 Å². The Labute approximate surface area is 95.5 Å². The first kappa shape index (κ1) is 9.85. The van der Waals surface area contributed by atoms with Gasteiger partial charge in [-0.2, -0.15) is 0 Å². The number of hydrogen-bond donors (Lipinski definition) is 1. The van der Waals surface area contributed by atoms with E-state index in [9.17, 15) is 0 Å². The smallest absolute Gasteiger partial charge is 0.0955 e. The molecule has 0 saturated carbocycles. The zero-order valence-electron chi connectivity index (χ0n) is 9.61. The zero-order valence-corrected chi connectivity index (χ0v) is 9.61. The van der Waals surface area contributed by atoms with Gasteiger partial charge in [-0.1, -0.05) is 12.1 Å². The number of aromatic nitrogens is 2. The molecule has 0 radical (unpaired) electrons. The first-order chi connectivity index (χ1) is 7.84. The summed E-state index contributed by atoms with van der Waals surface area (Å²) < 4.78 is 2.13. The number of nitrogens with zero attached hydrogens (tertiary/aromatic N) is 2. The molecule has 16 heavy (non-hydrogen) atoms. The predicted molar refractivity (Wildman–Crippen MR) is 65.4 cm³/mol. The molecule has 0 amide bonds. The molecule has 1 aromatic carbocycles. The molecule has 0 aliphatic carbocycles. The predicted octanol–water partition coefficient (Wildman–Crippen LogP) is 1.73. The van der Waals surface area contributed by atoms with Crippen LogP contribution >= 0.6 is 0 Å². The van der Waals surface area contributed by atoms with Crippen LogP contribution in [0.3, 0.4) is 0 Å².